The summed E-state index contributed by atoms with van der Waals surface area (Å²) in [6.45, 7) is 1.61. The number of hydrogen-bond donors (Lipinski definition) is 1. The van der Waals surface area contributed by atoms with Crippen LogP contribution in [0.15, 0.2) is 67.0 Å². The van der Waals surface area contributed by atoms with E-state index in [1.807, 2.05) is 30.5 Å². The second-order valence-electron chi connectivity index (χ2n) is 4.77. The SMILES string of the molecule is Clc1ncccc1-n1cccc1CNCc1ccccc1. The van der Waals surface area contributed by atoms with Crippen LogP contribution < -0.4 is 5.32 Å². The average Bonchev–Trinajstić information content (AvgIpc) is 2.97. The molecule has 2 heterocycles. The summed E-state index contributed by atoms with van der Waals surface area (Å²) < 4.78 is 2.06. The van der Waals surface area contributed by atoms with Gasteiger partial charge in [-0.15, -0.1) is 0 Å². The number of pyridine rings is 1. The Hall–Kier alpha value is -2.10. The van der Waals surface area contributed by atoms with E-state index in [-0.39, 0.29) is 0 Å². The third-order valence-electron chi connectivity index (χ3n) is 3.31. The second kappa shape index (κ2) is 6.57. The predicted octanol–water partition coefficient (Wildman–Crippen LogP) is 3.82. The first kappa shape index (κ1) is 13.9. The molecule has 21 heavy (non-hydrogen) atoms. The van der Waals surface area contributed by atoms with Crippen LogP contribution in [-0.4, -0.2) is 9.55 Å². The van der Waals surface area contributed by atoms with Gasteiger partial charge in [-0.05, 0) is 29.8 Å². The Bertz CT molecular complexity index is 707. The molecular formula is C17H16ClN3. The van der Waals surface area contributed by atoms with Crippen molar-refractivity contribution in [3.05, 3.63) is 83.4 Å². The van der Waals surface area contributed by atoms with Crippen molar-refractivity contribution in [2.24, 2.45) is 0 Å². The largest absolute Gasteiger partial charge is 0.317 e. The lowest BCUT2D eigenvalue weighted by Gasteiger charge is -2.11. The maximum absolute atomic E-state index is 6.17. The van der Waals surface area contributed by atoms with Gasteiger partial charge in [-0.3, -0.25) is 0 Å². The van der Waals surface area contributed by atoms with Gasteiger partial charge in [0.05, 0.1) is 5.69 Å². The molecule has 0 radical (unpaired) electrons. The number of aromatic nitrogens is 2. The topological polar surface area (TPSA) is 29.9 Å². The predicted molar refractivity (Wildman–Crippen MR) is 85.6 cm³/mol. The van der Waals surface area contributed by atoms with Gasteiger partial charge in [0.15, 0.2) is 5.15 Å². The van der Waals surface area contributed by atoms with Crippen LogP contribution in [0.5, 0.6) is 0 Å². The van der Waals surface area contributed by atoms with Crippen molar-refractivity contribution in [1.29, 1.82) is 0 Å². The van der Waals surface area contributed by atoms with E-state index in [1.54, 1.807) is 6.20 Å². The summed E-state index contributed by atoms with van der Waals surface area (Å²) in [5.41, 5.74) is 3.33. The summed E-state index contributed by atoms with van der Waals surface area (Å²) in [7, 11) is 0. The molecule has 0 aliphatic carbocycles. The lowest BCUT2D eigenvalue weighted by molar-refractivity contribution is 0.669. The molecule has 3 aromatic rings. The monoisotopic (exact) mass is 297 g/mol. The maximum atomic E-state index is 6.17. The maximum Gasteiger partial charge on any atom is 0.152 e. The zero-order valence-corrected chi connectivity index (χ0v) is 12.3. The van der Waals surface area contributed by atoms with E-state index < -0.39 is 0 Å². The molecule has 0 unspecified atom stereocenters. The van der Waals surface area contributed by atoms with Crippen molar-refractivity contribution < 1.29 is 0 Å². The number of halogens is 1. The summed E-state index contributed by atoms with van der Waals surface area (Å²) in [4.78, 5) is 4.13. The van der Waals surface area contributed by atoms with Crippen LogP contribution >= 0.6 is 11.6 Å². The molecule has 106 valence electrons. The summed E-state index contributed by atoms with van der Waals surface area (Å²) in [5.74, 6) is 0. The van der Waals surface area contributed by atoms with E-state index in [4.69, 9.17) is 11.6 Å². The molecule has 3 rings (SSSR count). The molecular weight excluding hydrogens is 282 g/mol. The van der Waals surface area contributed by atoms with Gasteiger partial charge in [-0.25, -0.2) is 4.98 Å². The van der Waals surface area contributed by atoms with E-state index in [2.05, 4.69) is 45.2 Å². The summed E-state index contributed by atoms with van der Waals surface area (Å²) >= 11 is 6.17. The van der Waals surface area contributed by atoms with Gasteiger partial charge in [-0.1, -0.05) is 41.9 Å². The third kappa shape index (κ3) is 3.32. The van der Waals surface area contributed by atoms with Gasteiger partial charge in [0.2, 0.25) is 0 Å². The number of rotatable bonds is 5. The molecule has 1 aromatic carbocycles. The van der Waals surface area contributed by atoms with Crippen LogP contribution in [0.2, 0.25) is 5.15 Å². The van der Waals surface area contributed by atoms with Crippen molar-refractivity contribution >= 4 is 11.6 Å². The molecule has 0 amide bonds. The minimum Gasteiger partial charge on any atom is -0.317 e. The van der Waals surface area contributed by atoms with Crippen LogP contribution in [-0.2, 0) is 13.1 Å². The number of nitrogens with zero attached hydrogens (tertiary/aromatic N) is 2. The summed E-state index contributed by atoms with van der Waals surface area (Å²) in [6.07, 6.45) is 3.70. The Morgan fingerprint density at radius 3 is 2.62 bits per heavy atom. The average molecular weight is 298 g/mol. The molecule has 0 spiro atoms. The van der Waals surface area contributed by atoms with Crippen LogP contribution in [0.3, 0.4) is 0 Å². The lowest BCUT2D eigenvalue weighted by atomic mass is 10.2. The fourth-order valence-electron chi connectivity index (χ4n) is 2.28. The molecule has 4 heteroatoms. The highest BCUT2D eigenvalue weighted by atomic mass is 35.5. The molecule has 2 aromatic heterocycles. The van der Waals surface area contributed by atoms with E-state index in [0.29, 0.717) is 5.15 Å². The highest BCUT2D eigenvalue weighted by Gasteiger charge is 2.07. The standard InChI is InChI=1S/C17H16ClN3/c18-17-16(9-4-10-20-17)21-11-5-8-15(21)13-19-12-14-6-2-1-3-7-14/h1-11,19H,12-13H2. The fourth-order valence-corrected chi connectivity index (χ4v) is 2.49. The Morgan fingerprint density at radius 1 is 0.952 bits per heavy atom. The molecule has 0 aliphatic heterocycles. The molecule has 0 atom stereocenters. The third-order valence-corrected chi connectivity index (χ3v) is 3.60. The van der Waals surface area contributed by atoms with Gasteiger partial charge in [0, 0.05) is 31.2 Å². The van der Waals surface area contributed by atoms with Crippen LogP contribution in [0.1, 0.15) is 11.3 Å². The highest BCUT2D eigenvalue weighted by Crippen LogP contribution is 2.19. The van der Waals surface area contributed by atoms with Crippen molar-refractivity contribution in [1.82, 2.24) is 14.9 Å². The number of nitrogens with one attached hydrogen (secondary N) is 1. The van der Waals surface area contributed by atoms with Crippen molar-refractivity contribution in [3.8, 4) is 5.69 Å². The Kier molecular flexibility index (Phi) is 4.34. The Morgan fingerprint density at radius 2 is 1.81 bits per heavy atom. The molecule has 3 nitrogen and oxygen atoms in total. The zero-order valence-electron chi connectivity index (χ0n) is 11.5. The first-order valence-corrected chi connectivity index (χ1v) is 7.24. The quantitative estimate of drug-likeness (QED) is 0.726. The van der Waals surface area contributed by atoms with Crippen molar-refractivity contribution in [2.45, 2.75) is 13.1 Å². The van der Waals surface area contributed by atoms with Crippen LogP contribution in [0, 0.1) is 0 Å². The van der Waals surface area contributed by atoms with E-state index in [0.717, 1.165) is 24.5 Å². The molecule has 0 aliphatic rings. The molecule has 0 saturated carbocycles. The van der Waals surface area contributed by atoms with Gasteiger partial charge in [-0.2, -0.15) is 0 Å². The fraction of sp³-hybridized carbons (Fsp3) is 0.118. The number of benzene rings is 1. The molecule has 0 bridgehead atoms. The van der Waals surface area contributed by atoms with Crippen LogP contribution in [0.25, 0.3) is 5.69 Å². The first-order chi connectivity index (χ1) is 10.3. The number of hydrogen-bond acceptors (Lipinski definition) is 2. The highest BCUT2D eigenvalue weighted by molar-refractivity contribution is 6.31. The van der Waals surface area contributed by atoms with Gasteiger partial charge in [0.25, 0.3) is 0 Å². The van der Waals surface area contributed by atoms with E-state index >= 15 is 0 Å². The molecule has 1 N–H and O–H groups in total. The van der Waals surface area contributed by atoms with E-state index in [9.17, 15) is 0 Å². The smallest absolute Gasteiger partial charge is 0.152 e. The molecule has 0 fully saturated rings. The lowest BCUT2D eigenvalue weighted by Crippen LogP contribution is -2.15. The first-order valence-electron chi connectivity index (χ1n) is 6.86. The molecule has 0 saturated heterocycles. The van der Waals surface area contributed by atoms with Gasteiger partial charge < -0.3 is 9.88 Å². The normalized spacial score (nSPS) is 10.7. The summed E-state index contributed by atoms with van der Waals surface area (Å²) in [6, 6.07) is 18.3. The van der Waals surface area contributed by atoms with Crippen molar-refractivity contribution in [3.63, 3.8) is 0 Å². The second-order valence-corrected chi connectivity index (χ2v) is 5.13. The minimum absolute atomic E-state index is 0.512. The van der Waals surface area contributed by atoms with Crippen molar-refractivity contribution in [2.75, 3.05) is 0 Å². The summed E-state index contributed by atoms with van der Waals surface area (Å²) in [5, 5.41) is 3.96. The Labute approximate surface area is 129 Å². The zero-order chi connectivity index (χ0) is 14.5. The van der Waals surface area contributed by atoms with Gasteiger partial charge in [0.1, 0.15) is 0 Å². The Balaban J connectivity index is 1.70. The minimum atomic E-state index is 0.512. The van der Waals surface area contributed by atoms with Crippen LogP contribution in [0.4, 0.5) is 0 Å². The van der Waals surface area contributed by atoms with E-state index in [1.165, 1.54) is 5.56 Å². The van der Waals surface area contributed by atoms with Gasteiger partial charge >= 0.3 is 0 Å².